The molecule has 0 aliphatic heterocycles. The largest absolute Gasteiger partial charge is 0.480 e. The monoisotopic (exact) mass is 260 g/mol. The van der Waals surface area contributed by atoms with Gasteiger partial charge in [0.15, 0.2) is 5.82 Å². The first-order valence-electron chi connectivity index (χ1n) is 5.50. The van der Waals surface area contributed by atoms with E-state index in [9.17, 15) is 0 Å². The van der Waals surface area contributed by atoms with Crippen LogP contribution in [0.3, 0.4) is 0 Å². The number of halogens is 1. The highest BCUT2D eigenvalue weighted by atomic mass is 35.5. The Labute approximate surface area is 111 Å². The Morgan fingerprint density at radius 3 is 2.78 bits per heavy atom. The quantitative estimate of drug-likeness (QED) is 0.786. The Morgan fingerprint density at radius 1 is 1.39 bits per heavy atom. The number of nitrogens with zero attached hydrogens (tertiary/aromatic N) is 2. The van der Waals surface area contributed by atoms with Gasteiger partial charge in [-0.05, 0) is 19.1 Å². The molecule has 1 aromatic heterocycles. The maximum Gasteiger partial charge on any atom is 0.224 e. The smallest absolute Gasteiger partial charge is 0.224 e. The van der Waals surface area contributed by atoms with Gasteiger partial charge in [-0.1, -0.05) is 36.4 Å². The average molecular weight is 261 g/mol. The summed E-state index contributed by atoms with van der Waals surface area (Å²) in [5.74, 6) is 1.07. The predicted molar refractivity (Wildman–Crippen MR) is 74.9 cm³/mol. The molecule has 4 heteroatoms. The molecule has 0 radical (unpaired) electrons. The minimum Gasteiger partial charge on any atom is -0.480 e. The molecule has 0 spiro atoms. The normalized spacial score (nSPS) is 11.6. The number of aromatic nitrogens is 2. The Morgan fingerprint density at radius 2 is 2.17 bits per heavy atom. The minimum absolute atomic E-state index is 0.513. The Hall–Kier alpha value is -1.87. The van der Waals surface area contributed by atoms with E-state index in [-0.39, 0.29) is 0 Å². The lowest BCUT2D eigenvalue weighted by atomic mass is 10.2. The number of hydrogen-bond donors (Lipinski definition) is 0. The van der Waals surface area contributed by atoms with E-state index in [1.54, 1.807) is 19.3 Å². The number of ether oxygens (including phenoxy) is 1. The van der Waals surface area contributed by atoms with Crippen molar-refractivity contribution in [2.24, 2.45) is 0 Å². The van der Waals surface area contributed by atoms with Crippen LogP contribution in [0, 0.1) is 0 Å². The molecule has 1 aromatic carbocycles. The summed E-state index contributed by atoms with van der Waals surface area (Å²) in [6, 6.07) is 5.52. The molecular formula is C14H13ClN2O. The SMILES string of the molecule is C=C/C(=C\C)c1nc(OC)c2cccc(Cl)c2n1. The van der Waals surface area contributed by atoms with Crippen LogP contribution in [0.15, 0.2) is 36.9 Å². The van der Waals surface area contributed by atoms with Crippen LogP contribution in [0.25, 0.3) is 16.5 Å². The Balaban J connectivity index is 2.80. The zero-order chi connectivity index (χ0) is 13.1. The second kappa shape index (κ2) is 5.19. The van der Waals surface area contributed by atoms with Gasteiger partial charge >= 0.3 is 0 Å². The lowest BCUT2D eigenvalue weighted by molar-refractivity contribution is 0.402. The summed E-state index contributed by atoms with van der Waals surface area (Å²) in [5.41, 5.74) is 1.53. The Bertz CT molecular complexity index is 635. The fourth-order valence-electron chi connectivity index (χ4n) is 1.71. The maximum atomic E-state index is 6.16. The van der Waals surface area contributed by atoms with E-state index in [0.717, 1.165) is 11.0 Å². The number of allylic oxidation sites excluding steroid dienone is 3. The molecule has 0 bridgehead atoms. The molecule has 0 N–H and O–H groups in total. The molecule has 2 aromatic rings. The number of para-hydroxylation sites is 1. The predicted octanol–water partition coefficient (Wildman–Crippen LogP) is 3.88. The summed E-state index contributed by atoms with van der Waals surface area (Å²) in [6.45, 7) is 5.65. The summed E-state index contributed by atoms with van der Waals surface area (Å²) < 4.78 is 5.29. The molecule has 0 amide bonds. The lowest BCUT2D eigenvalue weighted by Gasteiger charge is -2.08. The Kier molecular flexibility index (Phi) is 3.63. The molecule has 0 atom stereocenters. The van der Waals surface area contributed by atoms with Gasteiger partial charge in [-0.3, -0.25) is 0 Å². The van der Waals surface area contributed by atoms with Gasteiger partial charge in [0.25, 0.3) is 0 Å². The van der Waals surface area contributed by atoms with Crippen LogP contribution < -0.4 is 4.74 Å². The van der Waals surface area contributed by atoms with Gasteiger partial charge in [0.1, 0.15) is 0 Å². The molecule has 92 valence electrons. The molecule has 3 nitrogen and oxygen atoms in total. The maximum absolute atomic E-state index is 6.16. The van der Waals surface area contributed by atoms with Crippen LogP contribution in [-0.4, -0.2) is 17.1 Å². The molecule has 18 heavy (non-hydrogen) atoms. The van der Waals surface area contributed by atoms with Gasteiger partial charge < -0.3 is 4.74 Å². The van der Waals surface area contributed by atoms with Gasteiger partial charge in [-0.15, -0.1) is 0 Å². The highest BCUT2D eigenvalue weighted by molar-refractivity contribution is 6.35. The number of methoxy groups -OCH3 is 1. The van der Waals surface area contributed by atoms with E-state index >= 15 is 0 Å². The van der Waals surface area contributed by atoms with E-state index in [1.807, 2.05) is 25.1 Å². The molecule has 0 fully saturated rings. The van der Waals surface area contributed by atoms with Gasteiger partial charge in [-0.2, -0.15) is 4.98 Å². The third-order valence-corrected chi connectivity index (χ3v) is 2.93. The van der Waals surface area contributed by atoms with Crippen molar-refractivity contribution in [3.63, 3.8) is 0 Å². The lowest BCUT2D eigenvalue weighted by Crippen LogP contribution is -1.98. The molecular weight excluding hydrogens is 248 g/mol. The van der Waals surface area contributed by atoms with Gasteiger partial charge in [0.05, 0.1) is 23.0 Å². The minimum atomic E-state index is 0.513. The fourth-order valence-corrected chi connectivity index (χ4v) is 1.93. The van der Waals surface area contributed by atoms with Gasteiger partial charge in [-0.25, -0.2) is 4.98 Å². The van der Waals surface area contributed by atoms with Crippen LogP contribution in [0.5, 0.6) is 5.88 Å². The average Bonchev–Trinajstić information content (AvgIpc) is 2.40. The second-order valence-electron chi connectivity index (χ2n) is 3.64. The zero-order valence-corrected chi connectivity index (χ0v) is 11.0. The standard InChI is InChI=1S/C14H13ClN2O/c1-4-9(5-2)13-16-12-10(14(17-13)18-3)7-6-8-11(12)15/h4-8H,1H2,2-3H3/b9-5+. The van der Waals surface area contributed by atoms with Crippen LogP contribution in [0.2, 0.25) is 5.02 Å². The molecule has 0 aliphatic carbocycles. The van der Waals surface area contributed by atoms with Crippen LogP contribution in [-0.2, 0) is 0 Å². The van der Waals surface area contributed by atoms with E-state index in [2.05, 4.69) is 16.5 Å². The summed E-state index contributed by atoms with van der Waals surface area (Å²) in [4.78, 5) is 8.83. The first-order valence-corrected chi connectivity index (χ1v) is 5.88. The topological polar surface area (TPSA) is 35.0 Å². The first kappa shape index (κ1) is 12.6. The van der Waals surface area contributed by atoms with Crippen LogP contribution in [0.4, 0.5) is 0 Å². The number of rotatable bonds is 3. The van der Waals surface area contributed by atoms with Gasteiger partial charge in [0.2, 0.25) is 5.88 Å². The van der Waals surface area contributed by atoms with Crippen LogP contribution >= 0.6 is 11.6 Å². The third-order valence-electron chi connectivity index (χ3n) is 2.62. The van der Waals surface area contributed by atoms with E-state index in [0.29, 0.717) is 22.2 Å². The van der Waals surface area contributed by atoms with Crippen molar-refractivity contribution >= 4 is 28.1 Å². The molecule has 0 saturated carbocycles. The molecule has 0 unspecified atom stereocenters. The first-order chi connectivity index (χ1) is 8.71. The molecule has 0 aliphatic rings. The number of fused-ring (bicyclic) bond motifs is 1. The third kappa shape index (κ3) is 2.09. The van der Waals surface area contributed by atoms with Crippen LogP contribution in [0.1, 0.15) is 12.7 Å². The number of hydrogen-bond acceptors (Lipinski definition) is 3. The molecule has 2 rings (SSSR count). The van der Waals surface area contributed by atoms with Crippen molar-refractivity contribution in [2.75, 3.05) is 7.11 Å². The van der Waals surface area contributed by atoms with Crippen molar-refractivity contribution in [3.05, 3.63) is 47.8 Å². The van der Waals surface area contributed by atoms with Crippen molar-refractivity contribution in [1.29, 1.82) is 0 Å². The van der Waals surface area contributed by atoms with E-state index in [1.165, 1.54) is 0 Å². The summed E-state index contributed by atoms with van der Waals surface area (Å²) in [7, 11) is 1.58. The highest BCUT2D eigenvalue weighted by Crippen LogP contribution is 2.29. The summed E-state index contributed by atoms with van der Waals surface area (Å²) in [5, 5.41) is 1.38. The van der Waals surface area contributed by atoms with Gasteiger partial charge in [0, 0.05) is 5.57 Å². The highest BCUT2D eigenvalue weighted by Gasteiger charge is 2.11. The molecule has 0 saturated heterocycles. The summed E-state index contributed by atoms with van der Waals surface area (Å²) in [6.07, 6.45) is 3.60. The van der Waals surface area contributed by atoms with Crippen molar-refractivity contribution in [1.82, 2.24) is 9.97 Å². The van der Waals surface area contributed by atoms with Crippen molar-refractivity contribution in [2.45, 2.75) is 6.92 Å². The van der Waals surface area contributed by atoms with E-state index < -0.39 is 0 Å². The number of benzene rings is 1. The fraction of sp³-hybridized carbons (Fsp3) is 0.143. The molecule has 1 heterocycles. The van der Waals surface area contributed by atoms with Crippen molar-refractivity contribution in [3.8, 4) is 5.88 Å². The summed E-state index contributed by atoms with van der Waals surface area (Å²) >= 11 is 6.16. The van der Waals surface area contributed by atoms with E-state index in [4.69, 9.17) is 16.3 Å². The zero-order valence-electron chi connectivity index (χ0n) is 10.3. The second-order valence-corrected chi connectivity index (χ2v) is 4.05. The van der Waals surface area contributed by atoms with Crippen molar-refractivity contribution < 1.29 is 4.74 Å².